The lowest BCUT2D eigenvalue weighted by molar-refractivity contribution is -0.131. The summed E-state index contributed by atoms with van der Waals surface area (Å²) in [6.07, 6.45) is 4.07. The Bertz CT molecular complexity index is 694. The van der Waals surface area contributed by atoms with Crippen molar-refractivity contribution in [2.24, 2.45) is 0 Å². The minimum absolute atomic E-state index is 0.281. The predicted octanol–water partition coefficient (Wildman–Crippen LogP) is 2.74. The van der Waals surface area contributed by atoms with Crippen LogP contribution in [0.4, 0.5) is 5.82 Å². The predicted molar refractivity (Wildman–Crippen MR) is 80.0 cm³/mol. The Morgan fingerprint density at radius 1 is 1.24 bits per heavy atom. The molecule has 2 aromatic rings. The van der Waals surface area contributed by atoms with Crippen molar-refractivity contribution in [3.63, 3.8) is 0 Å². The van der Waals surface area contributed by atoms with Crippen LogP contribution in [0.15, 0.2) is 48.7 Å². The molecule has 0 aliphatic heterocycles. The molecule has 5 heteroatoms. The van der Waals surface area contributed by atoms with Crippen molar-refractivity contribution in [2.45, 2.75) is 6.92 Å². The van der Waals surface area contributed by atoms with Crippen molar-refractivity contribution in [3.05, 3.63) is 65.4 Å². The van der Waals surface area contributed by atoms with Gasteiger partial charge in [0.15, 0.2) is 0 Å². The summed E-state index contributed by atoms with van der Waals surface area (Å²) in [7, 11) is 0. The number of hydrogen-bond donors (Lipinski definition) is 2. The van der Waals surface area contributed by atoms with E-state index in [1.54, 1.807) is 42.6 Å². The highest BCUT2D eigenvalue weighted by molar-refractivity contribution is 6.05. The van der Waals surface area contributed by atoms with Crippen LogP contribution in [0.5, 0.6) is 0 Å². The van der Waals surface area contributed by atoms with Gasteiger partial charge in [0.1, 0.15) is 5.82 Å². The average molecular weight is 282 g/mol. The maximum atomic E-state index is 12.2. The normalized spacial score (nSPS) is 10.5. The summed E-state index contributed by atoms with van der Waals surface area (Å²) in [5.74, 6) is -0.847. The summed E-state index contributed by atoms with van der Waals surface area (Å²) in [4.78, 5) is 26.8. The van der Waals surface area contributed by atoms with E-state index in [0.717, 1.165) is 11.6 Å². The molecule has 0 atom stereocenters. The van der Waals surface area contributed by atoms with Gasteiger partial charge in [-0.15, -0.1) is 0 Å². The number of carbonyl (C=O) groups is 2. The first-order valence-corrected chi connectivity index (χ1v) is 6.30. The molecule has 106 valence electrons. The fourth-order valence-electron chi connectivity index (χ4n) is 1.78. The fourth-order valence-corrected chi connectivity index (χ4v) is 1.78. The van der Waals surface area contributed by atoms with Crippen LogP contribution in [0, 0.1) is 6.92 Å². The van der Waals surface area contributed by atoms with Crippen molar-refractivity contribution >= 4 is 23.8 Å². The Balaban J connectivity index is 2.24. The van der Waals surface area contributed by atoms with Crippen molar-refractivity contribution in [1.29, 1.82) is 0 Å². The molecule has 0 bridgehead atoms. The number of carboxylic acids is 1. The van der Waals surface area contributed by atoms with Crippen molar-refractivity contribution in [3.8, 4) is 0 Å². The number of aromatic nitrogens is 1. The van der Waals surface area contributed by atoms with Crippen LogP contribution in [-0.4, -0.2) is 22.0 Å². The molecule has 0 saturated carbocycles. The second-order valence-electron chi connectivity index (χ2n) is 4.42. The summed E-state index contributed by atoms with van der Waals surface area (Å²) in [6, 6.07) is 10.4. The van der Waals surface area contributed by atoms with E-state index in [-0.39, 0.29) is 5.91 Å². The number of nitrogens with zero attached hydrogens (tertiary/aromatic N) is 1. The Labute approximate surface area is 122 Å². The van der Waals surface area contributed by atoms with Crippen LogP contribution < -0.4 is 5.32 Å². The topological polar surface area (TPSA) is 79.3 Å². The molecule has 0 unspecified atom stereocenters. The number of benzene rings is 1. The zero-order valence-electron chi connectivity index (χ0n) is 11.4. The van der Waals surface area contributed by atoms with Crippen LogP contribution in [0.25, 0.3) is 6.08 Å². The number of carboxylic acid groups (broad SMARTS) is 1. The third kappa shape index (κ3) is 4.01. The van der Waals surface area contributed by atoms with Gasteiger partial charge < -0.3 is 10.4 Å². The van der Waals surface area contributed by atoms with Crippen LogP contribution >= 0.6 is 0 Å². The zero-order valence-corrected chi connectivity index (χ0v) is 11.4. The minimum Gasteiger partial charge on any atom is -0.478 e. The third-order valence-corrected chi connectivity index (χ3v) is 2.83. The number of aliphatic carboxylic acids is 1. The quantitative estimate of drug-likeness (QED) is 0.845. The second kappa shape index (κ2) is 6.47. The maximum Gasteiger partial charge on any atom is 0.328 e. The molecule has 0 aliphatic rings. The van der Waals surface area contributed by atoms with Crippen molar-refractivity contribution in [2.75, 3.05) is 5.32 Å². The van der Waals surface area contributed by atoms with E-state index in [1.807, 2.05) is 6.92 Å². The summed E-state index contributed by atoms with van der Waals surface area (Å²) in [5, 5.41) is 11.3. The highest BCUT2D eigenvalue weighted by Crippen LogP contribution is 2.14. The van der Waals surface area contributed by atoms with E-state index in [2.05, 4.69) is 10.3 Å². The lowest BCUT2D eigenvalue weighted by Gasteiger charge is -2.08. The van der Waals surface area contributed by atoms with Crippen molar-refractivity contribution in [1.82, 2.24) is 4.98 Å². The molecule has 0 saturated heterocycles. The van der Waals surface area contributed by atoms with Gasteiger partial charge in [0, 0.05) is 17.8 Å². The molecule has 0 aliphatic carbocycles. The fraction of sp³-hybridized carbons (Fsp3) is 0.0625. The number of amides is 1. The molecule has 1 heterocycles. The average Bonchev–Trinajstić information content (AvgIpc) is 2.47. The van der Waals surface area contributed by atoms with Gasteiger partial charge in [0.05, 0.1) is 0 Å². The van der Waals surface area contributed by atoms with Crippen LogP contribution in [0.2, 0.25) is 0 Å². The maximum absolute atomic E-state index is 12.2. The summed E-state index contributed by atoms with van der Waals surface area (Å²) < 4.78 is 0. The number of anilines is 1. The largest absolute Gasteiger partial charge is 0.478 e. The molecule has 0 spiro atoms. The van der Waals surface area contributed by atoms with E-state index >= 15 is 0 Å². The van der Waals surface area contributed by atoms with Gasteiger partial charge in [-0.2, -0.15) is 0 Å². The van der Waals surface area contributed by atoms with Gasteiger partial charge >= 0.3 is 5.97 Å². The minimum atomic E-state index is -1.03. The third-order valence-electron chi connectivity index (χ3n) is 2.83. The first-order valence-electron chi connectivity index (χ1n) is 6.30. The molecular formula is C16H14N2O3. The number of aryl methyl sites for hydroxylation is 1. The first kappa shape index (κ1) is 14.5. The van der Waals surface area contributed by atoms with Crippen molar-refractivity contribution < 1.29 is 14.7 Å². The Kier molecular flexibility index (Phi) is 4.46. The van der Waals surface area contributed by atoms with Gasteiger partial charge in [0.25, 0.3) is 5.91 Å². The lowest BCUT2D eigenvalue weighted by Crippen LogP contribution is -2.14. The molecule has 1 amide bonds. The molecular weight excluding hydrogens is 268 g/mol. The Morgan fingerprint density at radius 3 is 2.71 bits per heavy atom. The number of carbonyl (C=O) groups excluding carboxylic acids is 1. The SMILES string of the molecule is Cc1ccc(C=CC(=O)O)cc1C(=O)Nc1ccccn1. The number of nitrogens with one attached hydrogen (secondary N) is 1. The molecule has 21 heavy (non-hydrogen) atoms. The Hall–Kier alpha value is -2.95. The highest BCUT2D eigenvalue weighted by atomic mass is 16.4. The van der Waals surface area contributed by atoms with Crippen LogP contribution in [0.3, 0.4) is 0 Å². The number of hydrogen-bond acceptors (Lipinski definition) is 3. The van der Waals surface area contributed by atoms with Gasteiger partial charge in [0.2, 0.25) is 0 Å². The van der Waals surface area contributed by atoms with E-state index in [9.17, 15) is 9.59 Å². The molecule has 1 aromatic heterocycles. The van der Waals surface area contributed by atoms with E-state index in [1.165, 1.54) is 6.08 Å². The van der Waals surface area contributed by atoms with E-state index in [4.69, 9.17) is 5.11 Å². The standard InChI is InChI=1S/C16H14N2O3/c1-11-5-6-12(7-8-15(19)20)10-13(11)16(21)18-14-4-2-3-9-17-14/h2-10H,1H3,(H,19,20)(H,17,18,21). The molecule has 5 nitrogen and oxygen atoms in total. The highest BCUT2D eigenvalue weighted by Gasteiger charge is 2.10. The molecule has 0 fully saturated rings. The summed E-state index contributed by atoms with van der Waals surface area (Å²) >= 11 is 0. The summed E-state index contributed by atoms with van der Waals surface area (Å²) in [5.41, 5.74) is 1.93. The molecule has 2 N–H and O–H groups in total. The molecule has 1 aromatic carbocycles. The van der Waals surface area contributed by atoms with Crippen LogP contribution in [-0.2, 0) is 4.79 Å². The molecule has 0 radical (unpaired) electrons. The van der Waals surface area contributed by atoms with Gasteiger partial charge in [-0.3, -0.25) is 4.79 Å². The van der Waals surface area contributed by atoms with E-state index in [0.29, 0.717) is 16.9 Å². The molecule has 2 rings (SSSR count). The van der Waals surface area contributed by atoms with E-state index < -0.39 is 5.97 Å². The number of pyridine rings is 1. The summed E-state index contributed by atoms with van der Waals surface area (Å²) in [6.45, 7) is 1.82. The number of rotatable bonds is 4. The van der Waals surface area contributed by atoms with Gasteiger partial charge in [-0.25, -0.2) is 9.78 Å². The monoisotopic (exact) mass is 282 g/mol. The first-order chi connectivity index (χ1) is 10.1. The second-order valence-corrected chi connectivity index (χ2v) is 4.42. The smallest absolute Gasteiger partial charge is 0.328 e. The Morgan fingerprint density at radius 2 is 2.05 bits per heavy atom. The van der Waals surface area contributed by atoms with Crippen LogP contribution in [0.1, 0.15) is 21.5 Å². The van der Waals surface area contributed by atoms with Gasteiger partial charge in [-0.05, 0) is 42.3 Å². The lowest BCUT2D eigenvalue weighted by atomic mass is 10.0. The zero-order chi connectivity index (χ0) is 15.2. The van der Waals surface area contributed by atoms with Gasteiger partial charge in [-0.1, -0.05) is 18.2 Å².